The molecular weight excluding hydrogens is 412 g/mol. The second-order valence-electron chi connectivity index (χ2n) is 7.58. The summed E-state index contributed by atoms with van der Waals surface area (Å²) in [5.74, 6) is 0. The van der Waals surface area contributed by atoms with Crippen LogP contribution in [-0.2, 0) is 14.8 Å². The van der Waals surface area contributed by atoms with E-state index in [1.165, 1.54) is 6.07 Å². The number of rotatable bonds is 7. The lowest BCUT2D eigenvalue weighted by Gasteiger charge is -2.40. The SMILES string of the molecule is CN(C)c1cccc2c(S(=O)(=O)NCC[C@@H]3O[C@H](CO)[C@@H](O)[C@H](O)[C@H]3O)cccc12. The van der Waals surface area contributed by atoms with Gasteiger partial charge in [0.15, 0.2) is 0 Å². The summed E-state index contributed by atoms with van der Waals surface area (Å²) in [4.78, 5) is 2.04. The van der Waals surface area contributed by atoms with Gasteiger partial charge in [-0.2, -0.15) is 0 Å². The topological polar surface area (TPSA) is 140 Å². The average molecular weight is 441 g/mol. The second kappa shape index (κ2) is 9.15. The Balaban J connectivity index is 1.76. The number of hydrogen-bond acceptors (Lipinski definition) is 8. The van der Waals surface area contributed by atoms with Crippen LogP contribution in [0.2, 0.25) is 0 Å². The third kappa shape index (κ3) is 4.45. The van der Waals surface area contributed by atoms with Crippen molar-refractivity contribution in [2.45, 2.75) is 41.8 Å². The molecule has 0 amide bonds. The van der Waals surface area contributed by atoms with Gasteiger partial charge in [0.25, 0.3) is 0 Å². The molecule has 1 aliphatic heterocycles. The van der Waals surface area contributed by atoms with Crippen molar-refractivity contribution in [1.29, 1.82) is 0 Å². The number of hydrogen-bond donors (Lipinski definition) is 5. The molecule has 10 heteroatoms. The average Bonchev–Trinajstić information content (AvgIpc) is 2.72. The zero-order chi connectivity index (χ0) is 22.1. The molecule has 30 heavy (non-hydrogen) atoms. The molecule has 1 heterocycles. The zero-order valence-electron chi connectivity index (χ0n) is 16.8. The monoisotopic (exact) mass is 440 g/mol. The van der Waals surface area contributed by atoms with Crippen LogP contribution in [0, 0.1) is 0 Å². The van der Waals surface area contributed by atoms with Crippen molar-refractivity contribution in [3.63, 3.8) is 0 Å². The molecule has 166 valence electrons. The summed E-state index contributed by atoms with van der Waals surface area (Å²) in [6.45, 7) is -0.591. The normalized spacial score (nSPS) is 27.3. The second-order valence-corrected chi connectivity index (χ2v) is 9.31. The van der Waals surface area contributed by atoms with E-state index in [2.05, 4.69) is 4.72 Å². The highest BCUT2D eigenvalue weighted by molar-refractivity contribution is 7.89. The molecule has 0 aliphatic carbocycles. The van der Waals surface area contributed by atoms with Gasteiger partial charge in [-0.3, -0.25) is 0 Å². The first kappa shape index (κ1) is 22.9. The number of nitrogens with zero attached hydrogens (tertiary/aromatic N) is 1. The molecule has 5 N–H and O–H groups in total. The van der Waals surface area contributed by atoms with Crippen LogP contribution in [0.25, 0.3) is 10.8 Å². The Morgan fingerprint density at radius 3 is 2.27 bits per heavy atom. The minimum Gasteiger partial charge on any atom is -0.394 e. The third-order valence-electron chi connectivity index (χ3n) is 5.34. The van der Waals surface area contributed by atoms with Crippen LogP contribution in [0.1, 0.15) is 6.42 Å². The van der Waals surface area contributed by atoms with Crippen LogP contribution in [0.4, 0.5) is 5.69 Å². The van der Waals surface area contributed by atoms with Crippen molar-refractivity contribution in [1.82, 2.24) is 4.72 Å². The quantitative estimate of drug-likeness (QED) is 0.385. The number of ether oxygens (including phenoxy) is 1. The maximum atomic E-state index is 12.9. The molecule has 3 rings (SSSR count). The van der Waals surface area contributed by atoms with Crippen LogP contribution in [0.3, 0.4) is 0 Å². The van der Waals surface area contributed by atoms with E-state index in [1.807, 2.05) is 31.1 Å². The molecule has 5 atom stereocenters. The fourth-order valence-corrected chi connectivity index (χ4v) is 4.99. The molecule has 1 aliphatic rings. The highest BCUT2D eigenvalue weighted by atomic mass is 32.2. The Labute approximate surface area is 175 Å². The van der Waals surface area contributed by atoms with Gasteiger partial charge in [-0.1, -0.05) is 24.3 Å². The van der Waals surface area contributed by atoms with Gasteiger partial charge in [-0.15, -0.1) is 0 Å². The minimum atomic E-state index is -3.86. The zero-order valence-corrected chi connectivity index (χ0v) is 17.7. The summed E-state index contributed by atoms with van der Waals surface area (Å²) in [6.07, 6.45) is -6.23. The fourth-order valence-electron chi connectivity index (χ4n) is 3.72. The molecule has 2 aromatic rings. The molecule has 0 bridgehead atoms. The van der Waals surface area contributed by atoms with Crippen LogP contribution >= 0.6 is 0 Å². The fraction of sp³-hybridized carbons (Fsp3) is 0.500. The summed E-state index contributed by atoms with van der Waals surface area (Å²) < 4.78 is 33.8. The summed E-state index contributed by atoms with van der Waals surface area (Å²) in [5, 5.41) is 40.4. The Morgan fingerprint density at radius 2 is 1.60 bits per heavy atom. The lowest BCUT2D eigenvalue weighted by Crippen LogP contribution is -2.58. The van der Waals surface area contributed by atoms with Crippen molar-refractivity contribution in [3.05, 3.63) is 36.4 Å². The van der Waals surface area contributed by atoms with Gasteiger partial charge in [0.2, 0.25) is 10.0 Å². The molecule has 1 saturated heterocycles. The van der Waals surface area contributed by atoms with Crippen LogP contribution in [-0.4, -0.2) is 86.6 Å². The third-order valence-corrected chi connectivity index (χ3v) is 6.86. The molecule has 0 radical (unpaired) electrons. The predicted octanol–water partition coefficient (Wildman–Crippen LogP) is -0.583. The van der Waals surface area contributed by atoms with Crippen molar-refractivity contribution >= 4 is 26.5 Å². The summed E-state index contributed by atoms with van der Waals surface area (Å²) in [6, 6.07) is 10.5. The number of benzene rings is 2. The number of nitrogens with one attached hydrogen (secondary N) is 1. The predicted molar refractivity (Wildman–Crippen MR) is 112 cm³/mol. The lowest BCUT2D eigenvalue weighted by molar-refractivity contribution is -0.229. The largest absolute Gasteiger partial charge is 0.394 e. The van der Waals surface area contributed by atoms with E-state index in [-0.39, 0.29) is 17.9 Å². The van der Waals surface area contributed by atoms with E-state index in [0.29, 0.717) is 5.39 Å². The highest BCUT2D eigenvalue weighted by Crippen LogP contribution is 2.30. The summed E-state index contributed by atoms with van der Waals surface area (Å²) >= 11 is 0. The maximum absolute atomic E-state index is 12.9. The van der Waals surface area contributed by atoms with E-state index in [1.54, 1.807) is 18.2 Å². The number of sulfonamides is 1. The molecule has 0 aromatic heterocycles. The van der Waals surface area contributed by atoms with E-state index >= 15 is 0 Å². The van der Waals surface area contributed by atoms with Crippen LogP contribution in [0.15, 0.2) is 41.3 Å². The van der Waals surface area contributed by atoms with Gasteiger partial charge in [-0.25, -0.2) is 13.1 Å². The minimum absolute atomic E-state index is 0.0500. The Hall–Kier alpha value is -1.79. The van der Waals surface area contributed by atoms with Crippen molar-refractivity contribution in [3.8, 4) is 0 Å². The van der Waals surface area contributed by atoms with Gasteiger partial charge in [0.1, 0.15) is 24.4 Å². The summed E-state index contributed by atoms with van der Waals surface area (Å²) in [5.41, 5.74) is 0.894. The number of aliphatic hydroxyl groups is 4. The Morgan fingerprint density at radius 1 is 0.967 bits per heavy atom. The van der Waals surface area contributed by atoms with E-state index < -0.39 is 47.2 Å². The molecule has 0 unspecified atom stereocenters. The summed E-state index contributed by atoms with van der Waals surface area (Å²) in [7, 11) is -0.0908. The molecule has 9 nitrogen and oxygen atoms in total. The maximum Gasteiger partial charge on any atom is 0.241 e. The highest BCUT2D eigenvalue weighted by Gasteiger charge is 2.43. The molecule has 1 fully saturated rings. The molecule has 0 saturated carbocycles. The van der Waals surface area contributed by atoms with Crippen molar-refractivity contribution < 1.29 is 33.6 Å². The first-order chi connectivity index (χ1) is 14.2. The number of anilines is 1. The molecule has 2 aromatic carbocycles. The first-order valence-corrected chi connectivity index (χ1v) is 11.1. The lowest BCUT2D eigenvalue weighted by atomic mass is 9.94. The molecular formula is C20H28N2O7S. The standard InChI is InChI=1S/C20H28N2O7S/c1-22(2)14-7-3-6-13-12(14)5-4-8-17(13)30(27,28)21-10-9-15-18(24)20(26)19(25)16(11-23)29-15/h3-8,15-16,18-21,23-26H,9-11H2,1-2H3/t15-,16+,18-,19+,20+/m0/s1. The Kier molecular flexibility index (Phi) is 6.98. The van der Waals surface area contributed by atoms with Crippen LogP contribution in [0.5, 0.6) is 0 Å². The van der Waals surface area contributed by atoms with E-state index in [0.717, 1.165) is 11.1 Å². The van der Waals surface area contributed by atoms with Crippen LogP contribution < -0.4 is 9.62 Å². The number of fused-ring (bicyclic) bond motifs is 1. The van der Waals surface area contributed by atoms with E-state index in [4.69, 9.17) is 4.74 Å². The van der Waals surface area contributed by atoms with Crippen molar-refractivity contribution in [2.24, 2.45) is 0 Å². The number of aliphatic hydroxyl groups excluding tert-OH is 4. The first-order valence-electron chi connectivity index (χ1n) is 9.66. The van der Waals surface area contributed by atoms with E-state index in [9.17, 15) is 28.8 Å². The Bertz CT molecular complexity index is 980. The van der Waals surface area contributed by atoms with Gasteiger partial charge >= 0.3 is 0 Å². The van der Waals surface area contributed by atoms with Gasteiger partial charge < -0.3 is 30.1 Å². The van der Waals surface area contributed by atoms with Gasteiger partial charge in [0, 0.05) is 37.1 Å². The van der Waals surface area contributed by atoms with Gasteiger partial charge in [-0.05, 0) is 18.6 Å². The molecule has 0 spiro atoms. The smallest absolute Gasteiger partial charge is 0.241 e. The van der Waals surface area contributed by atoms with Gasteiger partial charge in [0.05, 0.1) is 17.6 Å². The van der Waals surface area contributed by atoms with Crippen molar-refractivity contribution in [2.75, 3.05) is 32.1 Å².